The van der Waals surface area contributed by atoms with Crippen molar-refractivity contribution < 1.29 is 14.3 Å². The first-order valence-electron chi connectivity index (χ1n) is 16.7. The summed E-state index contributed by atoms with van der Waals surface area (Å²) < 4.78 is 5.38. The molecular weight excluding hydrogens is 486 g/mol. The molecule has 0 atom stereocenters. The van der Waals surface area contributed by atoms with Gasteiger partial charge in [0.25, 0.3) is 0 Å². The number of carbonyl (C=O) groups excluding carboxylic acids is 2. The summed E-state index contributed by atoms with van der Waals surface area (Å²) in [5.41, 5.74) is 0. The Labute approximate surface area is 241 Å². The van der Waals surface area contributed by atoms with E-state index in [-0.39, 0.29) is 11.9 Å². The number of unbranched alkanes of at least 4 members (excludes halogenated alkanes) is 16. The number of hydrogen-bond donors (Lipinski definition) is 1. The van der Waals surface area contributed by atoms with E-state index < -0.39 is 0 Å². The van der Waals surface area contributed by atoms with E-state index >= 15 is 0 Å². The standard InChI is InChI=1S/C33H63N3O3/c1-3-5-7-9-11-12-13-14-15-16-18-20-26-35(31-32(37)36-28-24-34-25-29-36)27-21-22-30-39-33(38)23-19-17-10-8-6-4-2/h21-22,34H,3-20,23-31H2,1-2H3/b22-21-. The average Bonchev–Trinajstić information content (AvgIpc) is 2.95. The Morgan fingerprint density at radius 2 is 1.23 bits per heavy atom. The molecule has 1 amide bonds. The van der Waals surface area contributed by atoms with Gasteiger partial charge in [-0.1, -0.05) is 123 Å². The average molecular weight is 550 g/mol. The molecule has 1 aliphatic rings. The lowest BCUT2D eigenvalue weighted by Crippen LogP contribution is -2.49. The molecule has 6 heteroatoms. The molecule has 0 aromatic rings. The Morgan fingerprint density at radius 3 is 1.79 bits per heavy atom. The molecule has 0 unspecified atom stereocenters. The SMILES string of the molecule is CCCCCCCCCCCCCCN(C/C=C\COC(=O)CCCCCCCC)CC(=O)N1CCNCC1. The summed E-state index contributed by atoms with van der Waals surface area (Å²) in [7, 11) is 0. The lowest BCUT2D eigenvalue weighted by atomic mass is 10.1. The fourth-order valence-electron chi connectivity index (χ4n) is 5.17. The van der Waals surface area contributed by atoms with Crippen LogP contribution in [-0.2, 0) is 14.3 Å². The predicted octanol–water partition coefficient (Wildman–Crippen LogP) is 7.27. The molecule has 0 radical (unpaired) electrons. The highest BCUT2D eigenvalue weighted by molar-refractivity contribution is 5.78. The van der Waals surface area contributed by atoms with Gasteiger partial charge in [0.1, 0.15) is 6.61 Å². The van der Waals surface area contributed by atoms with Crippen LogP contribution in [0.3, 0.4) is 0 Å². The van der Waals surface area contributed by atoms with Crippen molar-refractivity contribution in [3.05, 3.63) is 12.2 Å². The summed E-state index contributed by atoms with van der Waals surface area (Å²) in [6.07, 6.45) is 27.6. The third-order valence-electron chi connectivity index (χ3n) is 7.76. The highest BCUT2D eigenvalue weighted by atomic mass is 16.5. The van der Waals surface area contributed by atoms with Crippen molar-refractivity contribution in [2.75, 3.05) is 52.4 Å². The zero-order chi connectivity index (χ0) is 28.2. The van der Waals surface area contributed by atoms with Crippen molar-refractivity contribution >= 4 is 11.9 Å². The van der Waals surface area contributed by atoms with Crippen LogP contribution in [0.4, 0.5) is 0 Å². The van der Waals surface area contributed by atoms with Crippen LogP contribution in [0.1, 0.15) is 136 Å². The van der Waals surface area contributed by atoms with E-state index in [9.17, 15) is 9.59 Å². The summed E-state index contributed by atoms with van der Waals surface area (Å²) in [5, 5.41) is 3.32. The van der Waals surface area contributed by atoms with Crippen molar-refractivity contribution in [3.63, 3.8) is 0 Å². The third-order valence-corrected chi connectivity index (χ3v) is 7.76. The topological polar surface area (TPSA) is 61.9 Å². The molecule has 1 N–H and O–H groups in total. The maximum absolute atomic E-state index is 12.9. The lowest BCUT2D eigenvalue weighted by molar-refractivity contribution is -0.142. The molecule has 1 aliphatic heterocycles. The summed E-state index contributed by atoms with van der Waals surface area (Å²) >= 11 is 0. The van der Waals surface area contributed by atoms with Crippen LogP contribution in [0.2, 0.25) is 0 Å². The fraction of sp³-hybridized carbons (Fsp3) is 0.879. The highest BCUT2D eigenvalue weighted by Crippen LogP contribution is 2.12. The molecule has 1 saturated heterocycles. The largest absolute Gasteiger partial charge is 0.461 e. The van der Waals surface area contributed by atoms with Crippen molar-refractivity contribution in [2.45, 2.75) is 136 Å². The van der Waals surface area contributed by atoms with Crippen LogP contribution in [0.5, 0.6) is 0 Å². The second-order valence-corrected chi connectivity index (χ2v) is 11.4. The number of nitrogens with one attached hydrogen (secondary N) is 1. The Morgan fingerprint density at radius 1 is 0.718 bits per heavy atom. The highest BCUT2D eigenvalue weighted by Gasteiger charge is 2.18. The van der Waals surface area contributed by atoms with E-state index in [4.69, 9.17) is 4.74 Å². The van der Waals surface area contributed by atoms with Gasteiger partial charge in [0.15, 0.2) is 0 Å². The Hall–Kier alpha value is -1.40. The van der Waals surface area contributed by atoms with Gasteiger partial charge in [-0.25, -0.2) is 0 Å². The third kappa shape index (κ3) is 22.0. The van der Waals surface area contributed by atoms with Gasteiger partial charge >= 0.3 is 5.97 Å². The number of piperazine rings is 1. The molecule has 1 heterocycles. The summed E-state index contributed by atoms with van der Waals surface area (Å²) in [4.78, 5) is 29.1. The Bertz CT molecular complexity index is 605. The van der Waals surface area contributed by atoms with Crippen LogP contribution < -0.4 is 5.32 Å². The van der Waals surface area contributed by atoms with Gasteiger partial charge in [0, 0.05) is 39.1 Å². The molecule has 0 aromatic heterocycles. The van der Waals surface area contributed by atoms with Crippen LogP contribution in [-0.4, -0.2) is 74.1 Å². The van der Waals surface area contributed by atoms with Crippen molar-refractivity contribution in [2.24, 2.45) is 0 Å². The van der Waals surface area contributed by atoms with Gasteiger partial charge in [-0.2, -0.15) is 0 Å². The van der Waals surface area contributed by atoms with E-state index in [2.05, 4.69) is 30.1 Å². The van der Waals surface area contributed by atoms with Gasteiger partial charge in [-0.05, 0) is 25.5 Å². The maximum Gasteiger partial charge on any atom is 0.306 e. The normalized spacial score (nSPS) is 14.0. The first kappa shape index (κ1) is 35.6. The molecule has 0 spiro atoms. The molecule has 1 rings (SSSR count). The second kappa shape index (κ2) is 26.8. The molecule has 39 heavy (non-hydrogen) atoms. The molecular formula is C33H63N3O3. The zero-order valence-corrected chi connectivity index (χ0v) is 25.9. The number of amides is 1. The number of rotatable bonds is 26. The lowest BCUT2D eigenvalue weighted by Gasteiger charge is -2.30. The monoisotopic (exact) mass is 549 g/mol. The minimum atomic E-state index is -0.0997. The Kier molecular flexibility index (Phi) is 24.5. The molecule has 0 saturated carbocycles. The van der Waals surface area contributed by atoms with Crippen molar-refractivity contribution in [3.8, 4) is 0 Å². The number of hydrogen-bond acceptors (Lipinski definition) is 5. The fourth-order valence-corrected chi connectivity index (χ4v) is 5.17. The van der Waals surface area contributed by atoms with Crippen molar-refractivity contribution in [1.82, 2.24) is 15.1 Å². The van der Waals surface area contributed by atoms with E-state index in [1.165, 1.54) is 96.3 Å². The number of carbonyl (C=O) groups is 2. The summed E-state index contributed by atoms with van der Waals surface area (Å²) in [5.74, 6) is 0.131. The molecule has 0 aromatic carbocycles. The first-order chi connectivity index (χ1) is 19.2. The van der Waals surface area contributed by atoms with E-state index in [1.54, 1.807) is 0 Å². The minimum Gasteiger partial charge on any atom is -0.461 e. The van der Waals surface area contributed by atoms with E-state index in [1.807, 2.05) is 11.0 Å². The Balaban J connectivity index is 2.24. The van der Waals surface area contributed by atoms with Gasteiger partial charge in [-0.3, -0.25) is 14.5 Å². The van der Waals surface area contributed by atoms with Crippen LogP contribution in [0.25, 0.3) is 0 Å². The number of ether oxygens (including phenoxy) is 1. The summed E-state index contributed by atoms with van der Waals surface area (Å²) in [6, 6.07) is 0. The van der Waals surface area contributed by atoms with Gasteiger partial charge in [-0.15, -0.1) is 0 Å². The van der Waals surface area contributed by atoms with Gasteiger partial charge < -0.3 is 15.0 Å². The van der Waals surface area contributed by atoms with Crippen LogP contribution in [0.15, 0.2) is 12.2 Å². The molecule has 0 bridgehead atoms. The predicted molar refractivity (Wildman–Crippen MR) is 165 cm³/mol. The zero-order valence-electron chi connectivity index (χ0n) is 25.9. The quantitative estimate of drug-likeness (QED) is 0.0698. The van der Waals surface area contributed by atoms with Gasteiger partial charge in [0.05, 0.1) is 6.54 Å². The van der Waals surface area contributed by atoms with Crippen LogP contribution in [0, 0.1) is 0 Å². The molecule has 6 nitrogen and oxygen atoms in total. The number of esters is 1. The molecule has 228 valence electrons. The van der Waals surface area contributed by atoms with Crippen molar-refractivity contribution in [1.29, 1.82) is 0 Å². The van der Waals surface area contributed by atoms with Gasteiger partial charge in [0.2, 0.25) is 5.91 Å². The smallest absolute Gasteiger partial charge is 0.306 e. The first-order valence-corrected chi connectivity index (χ1v) is 16.7. The van der Waals surface area contributed by atoms with Crippen LogP contribution >= 0.6 is 0 Å². The van der Waals surface area contributed by atoms with E-state index in [0.29, 0.717) is 19.6 Å². The van der Waals surface area contributed by atoms with E-state index in [0.717, 1.165) is 58.5 Å². The molecule has 1 fully saturated rings. The second-order valence-electron chi connectivity index (χ2n) is 11.4. The summed E-state index contributed by atoms with van der Waals surface area (Å²) in [6.45, 7) is 10.3. The molecule has 0 aliphatic carbocycles. The maximum atomic E-state index is 12.9. The number of nitrogens with zero attached hydrogens (tertiary/aromatic N) is 2. The minimum absolute atomic E-state index is 0.0997.